The molecule has 0 unspecified atom stereocenters. The van der Waals surface area contributed by atoms with Gasteiger partial charge in [0, 0.05) is 26.4 Å². The van der Waals surface area contributed by atoms with Gasteiger partial charge in [-0.25, -0.2) is 0 Å². The van der Waals surface area contributed by atoms with E-state index in [0.717, 1.165) is 30.6 Å². The van der Waals surface area contributed by atoms with Crippen molar-refractivity contribution in [3.05, 3.63) is 29.8 Å². The van der Waals surface area contributed by atoms with Crippen LogP contribution in [0, 0.1) is 0 Å². The highest BCUT2D eigenvalue weighted by molar-refractivity contribution is 5.75. The normalized spacial score (nSPS) is 10.4. The van der Waals surface area contributed by atoms with E-state index in [4.69, 9.17) is 4.74 Å². The van der Waals surface area contributed by atoms with E-state index in [0.29, 0.717) is 19.5 Å². The molecule has 0 saturated heterocycles. The minimum Gasteiger partial charge on any atom is -0.491 e. The van der Waals surface area contributed by atoms with Crippen molar-refractivity contribution in [2.45, 2.75) is 59.1 Å². The second-order valence-corrected chi connectivity index (χ2v) is 5.88. The Morgan fingerprint density at radius 2 is 1.74 bits per heavy atom. The molecule has 0 aliphatic carbocycles. The minimum atomic E-state index is -0.00689. The van der Waals surface area contributed by atoms with Crippen LogP contribution >= 0.6 is 0 Å². The Labute approximate surface area is 138 Å². The monoisotopic (exact) mass is 320 g/mol. The second kappa shape index (κ2) is 10.6. The van der Waals surface area contributed by atoms with Crippen LogP contribution in [0.5, 0.6) is 5.75 Å². The fourth-order valence-corrected chi connectivity index (χ4v) is 2.10. The van der Waals surface area contributed by atoms with Gasteiger partial charge in [-0.3, -0.25) is 9.59 Å². The third-order valence-electron chi connectivity index (χ3n) is 3.24. The van der Waals surface area contributed by atoms with Crippen LogP contribution in [0.2, 0.25) is 0 Å². The first-order valence-corrected chi connectivity index (χ1v) is 8.24. The smallest absolute Gasteiger partial charge is 0.220 e. The Balaban J connectivity index is 2.14. The van der Waals surface area contributed by atoms with Crippen LogP contribution in [0.1, 0.15) is 52.0 Å². The van der Waals surface area contributed by atoms with Crippen molar-refractivity contribution in [2.24, 2.45) is 0 Å². The average molecular weight is 320 g/mol. The number of carbonyl (C=O) groups excluding carboxylic acids is 2. The Morgan fingerprint density at radius 1 is 1.04 bits per heavy atom. The van der Waals surface area contributed by atoms with Crippen molar-refractivity contribution in [1.82, 2.24) is 10.6 Å². The number of amides is 2. The fourth-order valence-electron chi connectivity index (χ4n) is 2.10. The Morgan fingerprint density at radius 3 is 2.35 bits per heavy atom. The molecule has 1 rings (SSSR count). The Kier molecular flexibility index (Phi) is 8.80. The van der Waals surface area contributed by atoms with Crippen molar-refractivity contribution in [2.75, 3.05) is 6.54 Å². The highest BCUT2D eigenvalue weighted by Gasteiger charge is 2.02. The molecule has 0 aliphatic heterocycles. The Bertz CT molecular complexity index is 484. The molecular formula is C18H28N2O3. The number of carbonyl (C=O) groups is 2. The predicted octanol–water partition coefficient (Wildman–Crippen LogP) is 2.79. The lowest BCUT2D eigenvalue weighted by molar-refractivity contribution is -0.121. The predicted molar refractivity (Wildman–Crippen MR) is 91.2 cm³/mol. The van der Waals surface area contributed by atoms with E-state index in [1.807, 2.05) is 38.1 Å². The van der Waals surface area contributed by atoms with E-state index in [-0.39, 0.29) is 17.9 Å². The van der Waals surface area contributed by atoms with Crippen molar-refractivity contribution >= 4 is 11.8 Å². The van der Waals surface area contributed by atoms with E-state index in [2.05, 4.69) is 10.6 Å². The van der Waals surface area contributed by atoms with Gasteiger partial charge in [-0.1, -0.05) is 18.6 Å². The third-order valence-corrected chi connectivity index (χ3v) is 3.24. The van der Waals surface area contributed by atoms with Gasteiger partial charge >= 0.3 is 0 Å². The molecule has 0 radical (unpaired) electrons. The number of unbranched alkanes of at least 4 members (excludes halogenated alkanes) is 2. The van der Waals surface area contributed by atoms with E-state index < -0.39 is 0 Å². The van der Waals surface area contributed by atoms with Gasteiger partial charge in [0.2, 0.25) is 11.8 Å². The van der Waals surface area contributed by atoms with Gasteiger partial charge in [0.25, 0.3) is 0 Å². The molecule has 2 N–H and O–H groups in total. The summed E-state index contributed by atoms with van der Waals surface area (Å²) in [7, 11) is 0. The number of nitrogens with one attached hydrogen (secondary N) is 2. The van der Waals surface area contributed by atoms with Crippen LogP contribution < -0.4 is 15.4 Å². The van der Waals surface area contributed by atoms with Gasteiger partial charge in [0.1, 0.15) is 5.75 Å². The molecule has 2 amide bonds. The zero-order valence-corrected chi connectivity index (χ0v) is 14.4. The maximum atomic E-state index is 11.8. The van der Waals surface area contributed by atoms with Crippen LogP contribution in [-0.2, 0) is 16.1 Å². The van der Waals surface area contributed by atoms with Crippen molar-refractivity contribution in [3.63, 3.8) is 0 Å². The summed E-state index contributed by atoms with van der Waals surface area (Å²) in [5.41, 5.74) is 1.06. The summed E-state index contributed by atoms with van der Waals surface area (Å²) in [6, 6.07) is 7.77. The maximum absolute atomic E-state index is 11.8. The second-order valence-electron chi connectivity index (χ2n) is 5.88. The highest BCUT2D eigenvalue weighted by atomic mass is 16.5. The molecule has 5 heteroatoms. The number of rotatable bonds is 10. The SMILES string of the molecule is CC(=O)NCCCCCC(=O)NCc1ccc(OC(C)C)cc1. The van der Waals surface area contributed by atoms with Crippen LogP contribution in [0.25, 0.3) is 0 Å². The molecule has 0 atom stereocenters. The summed E-state index contributed by atoms with van der Waals surface area (Å²) in [6.45, 7) is 6.71. The molecule has 0 bridgehead atoms. The summed E-state index contributed by atoms with van der Waals surface area (Å²) < 4.78 is 5.58. The molecule has 0 aromatic heterocycles. The number of ether oxygens (including phenoxy) is 1. The molecule has 23 heavy (non-hydrogen) atoms. The summed E-state index contributed by atoms with van der Waals surface area (Å²) in [5.74, 6) is 0.897. The minimum absolute atomic E-state index is 0.00689. The van der Waals surface area contributed by atoms with E-state index >= 15 is 0 Å². The van der Waals surface area contributed by atoms with E-state index in [1.165, 1.54) is 6.92 Å². The third kappa shape index (κ3) is 9.55. The topological polar surface area (TPSA) is 67.4 Å². The number of benzene rings is 1. The first kappa shape index (κ1) is 19.0. The van der Waals surface area contributed by atoms with Crippen LogP contribution in [0.15, 0.2) is 24.3 Å². The molecule has 0 saturated carbocycles. The number of hydrogen-bond acceptors (Lipinski definition) is 3. The molecule has 1 aromatic rings. The molecule has 0 spiro atoms. The summed E-state index contributed by atoms with van der Waals surface area (Å²) in [4.78, 5) is 22.5. The zero-order valence-electron chi connectivity index (χ0n) is 14.4. The first-order valence-electron chi connectivity index (χ1n) is 8.24. The lowest BCUT2D eigenvalue weighted by Gasteiger charge is -2.10. The van der Waals surface area contributed by atoms with Crippen LogP contribution in [-0.4, -0.2) is 24.5 Å². The first-order chi connectivity index (χ1) is 11.0. The van der Waals surface area contributed by atoms with Gasteiger partial charge in [-0.2, -0.15) is 0 Å². The number of hydrogen-bond donors (Lipinski definition) is 2. The molecule has 1 aromatic carbocycles. The van der Waals surface area contributed by atoms with Crippen molar-refractivity contribution in [3.8, 4) is 5.75 Å². The quantitative estimate of drug-likeness (QED) is 0.651. The van der Waals surface area contributed by atoms with Gasteiger partial charge in [0.15, 0.2) is 0 Å². The van der Waals surface area contributed by atoms with Gasteiger partial charge in [0.05, 0.1) is 6.10 Å². The van der Waals surface area contributed by atoms with Gasteiger partial charge in [-0.05, 0) is 44.4 Å². The van der Waals surface area contributed by atoms with E-state index in [9.17, 15) is 9.59 Å². The summed E-state index contributed by atoms with van der Waals surface area (Å²) in [6.07, 6.45) is 3.37. The van der Waals surface area contributed by atoms with Gasteiger partial charge in [-0.15, -0.1) is 0 Å². The van der Waals surface area contributed by atoms with Crippen LogP contribution in [0.4, 0.5) is 0 Å². The van der Waals surface area contributed by atoms with E-state index in [1.54, 1.807) is 0 Å². The maximum Gasteiger partial charge on any atom is 0.220 e. The molecule has 0 heterocycles. The lowest BCUT2D eigenvalue weighted by Crippen LogP contribution is -2.23. The highest BCUT2D eigenvalue weighted by Crippen LogP contribution is 2.13. The molecule has 0 aliphatic rings. The molecule has 128 valence electrons. The van der Waals surface area contributed by atoms with Crippen LogP contribution in [0.3, 0.4) is 0 Å². The summed E-state index contributed by atoms with van der Waals surface area (Å²) in [5, 5.41) is 5.67. The Hall–Kier alpha value is -2.04. The van der Waals surface area contributed by atoms with Crippen molar-refractivity contribution in [1.29, 1.82) is 0 Å². The fraction of sp³-hybridized carbons (Fsp3) is 0.556. The molecule has 5 nitrogen and oxygen atoms in total. The van der Waals surface area contributed by atoms with Gasteiger partial charge < -0.3 is 15.4 Å². The summed E-state index contributed by atoms with van der Waals surface area (Å²) >= 11 is 0. The lowest BCUT2D eigenvalue weighted by atomic mass is 10.1. The average Bonchev–Trinajstić information content (AvgIpc) is 2.49. The molecule has 0 fully saturated rings. The van der Waals surface area contributed by atoms with Crippen molar-refractivity contribution < 1.29 is 14.3 Å². The standard InChI is InChI=1S/C18H28N2O3/c1-14(2)23-17-10-8-16(9-11-17)13-20-18(22)7-5-4-6-12-19-15(3)21/h8-11,14H,4-7,12-13H2,1-3H3,(H,19,21)(H,20,22). The zero-order chi connectivity index (χ0) is 17.1. The molecular weight excluding hydrogens is 292 g/mol. The largest absolute Gasteiger partial charge is 0.491 e.